The van der Waals surface area contributed by atoms with Crippen molar-refractivity contribution in [1.82, 2.24) is 4.98 Å². The minimum absolute atomic E-state index is 0.384. The van der Waals surface area contributed by atoms with E-state index in [1.807, 2.05) is 0 Å². The molecule has 1 aromatic rings. The molecule has 0 saturated heterocycles. The highest BCUT2D eigenvalue weighted by Crippen LogP contribution is 2.43. The number of anilines is 1. The molecule has 1 aliphatic carbocycles. The van der Waals surface area contributed by atoms with Gasteiger partial charge in [-0.25, -0.2) is 0 Å². The first-order valence-electron chi connectivity index (χ1n) is 4.41. The number of nitrogen functional groups attached to an aromatic ring is 1. The molecule has 0 radical (unpaired) electrons. The predicted molar refractivity (Wildman–Crippen MR) is 49.8 cm³/mol. The maximum absolute atomic E-state index is 9.07. The van der Waals surface area contributed by atoms with E-state index in [4.69, 9.17) is 11.0 Å². The molecule has 13 heavy (non-hydrogen) atoms. The van der Waals surface area contributed by atoms with E-state index in [9.17, 15) is 0 Å². The van der Waals surface area contributed by atoms with Gasteiger partial charge in [-0.05, 0) is 31.4 Å². The van der Waals surface area contributed by atoms with Crippen LogP contribution in [0.5, 0.6) is 0 Å². The maximum Gasteiger partial charge on any atom is 0.101 e. The number of nitrogens with two attached hydrogens (primary N) is 1. The molecule has 1 saturated carbocycles. The van der Waals surface area contributed by atoms with Crippen LogP contribution >= 0.6 is 0 Å². The summed E-state index contributed by atoms with van der Waals surface area (Å²) in [6, 6.07) is 5.93. The summed E-state index contributed by atoms with van der Waals surface area (Å²) in [7, 11) is 0. The molecule has 0 bridgehead atoms. The summed E-state index contributed by atoms with van der Waals surface area (Å²) in [5.74, 6) is 0. The fourth-order valence-electron chi connectivity index (χ4n) is 1.75. The summed E-state index contributed by atoms with van der Waals surface area (Å²) in [5, 5.41) is 9.07. The van der Waals surface area contributed by atoms with Gasteiger partial charge in [-0.15, -0.1) is 0 Å². The lowest BCUT2D eigenvalue weighted by molar-refractivity contribution is 0.317. The molecule has 0 atom stereocenters. The van der Waals surface area contributed by atoms with E-state index in [1.54, 1.807) is 18.3 Å². The van der Waals surface area contributed by atoms with Crippen molar-refractivity contribution in [3.05, 3.63) is 24.0 Å². The molecule has 1 heterocycles. The van der Waals surface area contributed by atoms with Gasteiger partial charge in [0.15, 0.2) is 0 Å². The number of hydrogen-bond donors (Lipinski definition) is 1. The Morgan fingerprint density at radius 2 is 2.31 bits per heavy atom. The summed E-state index contributed by atoms with van der Waals surface area (Å²) in [6.07, 6.45) is 4.59. The molecule has 0 aliphatic heterocycles. The van der Waals surface area contributed by atoms with Gasteiger partial charge in [0, 0.05) is 6.20 Å². The smallest absolute Gasteiger partial charge is 0.101 e. The third-order valence-electron chi connectivity index (χ3n) is 2.71. The Balaban J connectivity index is 2.46. The molecule has 66 valence electrons. The Hall–Kier alpha value is -1.56. The second-order valence-corrected chi connectivity index (χ2v) is 3.49. The van der Waals surface area contributed by atoms with Crippen LogP contribution in [-0.2, 0) is 5.41 Å². The molecule has 1 aromatic heterocycles. The fraction of sp³-hybridized carbons (Fsp3) is 0.400. The fourth-order valence-corrected chi connectivity index (χ4v) is 1.75. The highest BCUT2D eigenvalue weighted by atomic mass is 14.8. The number of pyridine rings is 1. The molecule has 3 nitrogen and oxygen atoms in total. The Morgan fingerprint density at radius 1 is 1.54 bits per heavy atom. The van der Waals surface area contributed by atoms with Gasteiger partial charge in [-0.1, -0.05) is 0 Å². The van der Waals surface area contributed by atoms with Crippen molar-refractivity contribution >= 4 is 5.69 Å². The lowest BCUT2D eigenvalue weighted by atomic mass is 9.67. The second-order valence-electron chi connectivity index (χ2n) is 3.49. The van der Waals surface area contributed by atoms with E-state index < -0.39 is 0 Å². The van der Waals surface area contributed by atoms with E-state index in [-0.39, 0.29) is 5.41 Å². The average molecular weight is 173 g/mol. The molecule has 0 spiro atoms. The minimum atomic E-state index is -0.384. The van der Waals surface area contributed by atoms with E-state index in [0.717, 1.165) is 25.0 Å². The standard InChI is InChI=1S/C10H11N3/c11-7-10(4-2-5-10)9-8(12)3-1-6-13-9/h1,3,6H,2,4-5,12H2. The van der Waals surface area contributed by atoms with Gasteiger partial charge >= 0.3 is 0 Å². The summed E-state index contributed by atoms with van der Waals surface area (Å²) in [6.45, 7) is 0. The normalized spacial score (nSPS) is 18.7. The quantitative estimate of drug-likeness (QED) is 0.701. The van der Waals surface area contributed by atoms with Gasteiger partial charge < -0.3 is 5.73 Å². The zero-order valence-corrected chi connectivity index (χ0v) is 7.33. The van der Waals surface area contributed by atoms with E-state index >= 15 is 0 Å². The number of nitrogens with zero attached hydrogens (tertiary/aromatic N) is 2. The number of hydrogen-bond acceptors (Lipinski definition) is 3. The monoisotopic (exact) mass is 173 g/mol. The van der Waals surface area contributed by atoms with Crippen LogP contribution in [0.2, 0.25) is 0 Å². The summed E-state index contributed by atoms with van der Waals surface area (Å²) < 4.78 is 0. The van der Waals surface area contributed by atoms with Crippen molar-refractivity contribution in [2.24, 2.45) is 0 Å². The SMILES string of the molecule is N#CC1(c2ncccc2N)CCC1. The molecular weight excluding hydrogens is 162 g/mol. The van der Waals surface area contributed by atoms with Crippen LogP contribution in [0.15, 0.2) is 18.3 Å². The van der Waals surface area contributed by atoms with Crippen LogP contribution in [-0.4, -0.2) is 4.98 Å². The van der Waals surface area contributed by atoms with E-state index in [0.29, 0.717) is 5.69 Å². The average Bonchev–Trinajstić information content (AvgIpc) is 2.07. The molecule has 0 unspecified atom stereocenters. The van der Waals surface area contributed by atoms with Crippen molar-refractivity contribution in [1.29, 1.82) is 5.26 Å². The molecule has 1 fully saturated rings. The van der Waals surface area contributed by atoms with Crippen LogP contribution in [0.3, 0.4) is 0 Å². The Labute approximate surface area is 77.2 Å². The largest absolute Gasteiger partial charge is 0.397 e. The van der Waals surface area contributed by atoms with Gasteiger partial charge in [-0.2, -0.15) is 5.26 Å². The van der Waals surface area contributed by atoms with Gasteiger partial charge in [0.25, 0.3) is 0 Å². The molecule has 0 aromatic carbocycles. The van der Waals surface area contributed by atoms with Gasteiger partial charge in [0.1, 0.15) is 5.41 Å². The van der Waals surface area contributed by atoms with Crippen LogP contribution in [0.25, 0.3) is 0 Å². The first-order valence-corrected chi connectivity index (χ1v) is 4.41. The van der Waals surface area contributed by atoms with Crippen molar-refractivity contribution in [3.8, 4) is 6.07 Å². The zero-order chi connectivity index (χ0) is 9.31. The number of nitriles is 1. The lowest BCUT2D eigenvalue weighted by Crippen LogP contribution is -2.34. The first kappa shape index (κ1) is 8.06. The van der Waals surface area contributed by atoms with Crippen molar-refractivity contribution < 1.29 is 0 Å². The highest BCUT2D eigenvalue weighted by molar-refractivity contribution is 5.50. The van der Waals surface area contributed by atoms with Crippen molar-refractivity contribution in [3.63, 3.8) is 0 Å². The van der Waals surface area contributed by atoms with E-state index in [2.05, 4.69) is 11.1 Å². The predicted octanol–water partition coefficient (Wildman–Crippen LogP) is 1.61. The van der Waals surface area contributed by atoms with Crippen LogP contribution in [0, 0.1) is 11.3 Å². The Bertz CT molecular complexity index is 361. The lowest BCUT2D eigenvalue weighted by Gasteiger charge is -2.35. The van der Waals surface area contributed by atoms with E-state index in [1.165, 1.54) is 0 Å². The van der Waals surface area contributed by atoms with Crippen LogP contribution < -0.4 is 5.73 Å². The molecule has 2 N–H and O–H groups in total. The maximum atomic E-state index is 9.07. The topological polar surface area (TPSA) is 62.7 Å². The highest BCUT2D eigenvalue weighted by Gasteiger charge is 2.41. The summed E-state index contributed by atoms with van der Waals surface area (Å²) in [5.41, 5.74) is 6.80. The third kappa shape index (κ3) is 1.06. The van der Waals surface area contributed by atoms with Crippen molar-refractivity contribution in [2.45, 2.75) is 24.7 Å². The van der Waals surface area contributed by atoms with Gasteiger partial charge in [0.05, 0.1) is 17.5 Å². The van der Waals surface area contributed by atoms with Gasteiger partial charge in [-0.3, -0.25) is 4.98 Å². The van der Waals surface area contributed by atoms with Crippen LogP contribution in [0.4, 0.5) is 5.69 Å². The van der Waals surface area contributed by atoms with Gasteiger partial charge in [0.2, 0.25) is 0 Å². The molecule has 0 amide bonds. The molecular formula is C10H11N3. The molecule has 1 aliphatic rings. The summed E-state index contributed by atoms with van der Waals surface area (Å²) >= 11 is 0. The Kier molecular flexibility index (Phi) is 1.70. The minimum Gasteiger partial charge on any atom is -0.397 e. The Morgan fingerprint density at radius 3 is 2.77 bits per heavy atom. The summed E-state index contributed by atoms with van der Waals surface area (Å²) in [4.78, 5) is 4.20. The first-order chi connectivity index (χ1) is 6.28. The number of aromatic nitrogens is 1. The second kappa shape index (κ2) is 2.74. The van der Waals surface area contributed by atoms with Crippen molar-refractivity contribution in [2.75, 3.05) is 5.73 Å². The molecule has 2 rings (SSSR count). The van der Waals surface area contributed by atoms with Crippen LogP contribution in [0.1, 0.15) is 25.0 Å². The third-order valence-corrected chi connectivity index (χ3v) is 2.71. The zero-order valence-electron chi connectivity index (χ0n) is 7.33. The number of rotatable bonds is 1. The molecule has 3 heteroatoms.